The summed E-state index contributed by atoms with van der Waals surface area (Å²) in [6.07, 6.45) is -0.347. The van der Waals surface area contributed by atoms with E-state index in [0.29, 0.717) is 19.3 Å². The summed E-state index contributed by atoms with van der Waals surface area (Å²) in [5, 5.41) is 28.0. The van der Waals surface area contributed by atoms with Crippen molar-refractivity contribution in [2.45, 2.75) is 46.8 Å². The van der Waals surface area contributed by atoms with Crippen molar-refractivity contribution < 1.29 is 35.0 Å². The van der Waals surface area contributed by atoms with E-state index in [-0.39, 0.29) is 11.5 Å². The molecule has 7 heteroatoms. The molecule has 0 bridgehead atoms. The Morgan fingerprint density at radius 3 is 2.05 bits per heavy atom. The van der Waals surface area contributed by atoms with Crippen LogP contribution >= 0.6 is 0 Å². The van der Waals surface area contributed by atoms with Crippen molar-refractivity contribution >= 4 is 11.9 Å². The van der Waals surface area contributed by atoms with Crippen LogP contribution in [0.15, 0.2) is 0 Å². The van der Waals surface area contributed by atoms with Gasteiger partial charge in [-0.1, -0.05) is 20.8 Å². The van der Waals surface area contributed by atoms with E-state index in [9.17, 15) is 5.11 Å². The van der Waals surface area contributed by atoms with Gasteiger partial charge in [0.2, 0.25) is 0 Å². The van der Waals surface area contributed by atoms with Crippen molar-refractivity contribution in [3.8, 4) is 0 Å². The first-order valence-corrected chi connectivity index (χ1v) is 6.49. The number of aliphatic carboxylic acids is 2. The molecule has 0 radical (unpaired) electrons. The molecule has 120 valence electrons. The molecule has 0 heterocycles. The van der Waals surface area contributed by atoms with Crippen LogP contribution in [-0.2, 0) is 14.3 Å². The van der Waals surface area contributed by atoms with Gasteiger partial charge in [0.25, 0.3) is 0 Å². The highest BCUT2D eigenvalue weighted by Crippen LogP contribution is 2.12. The van der Waals surface area contributed by atoms with Gasteiger partial charge >= 0.3 is 5.97 Å². The number of carbonyl (C=O) groups excluding carboxylic acids is 1. The van der Waals surface area contributed by atoms with Crippen LogP contribution in [0.3, 0.4) is 0 Å². The molecule has 0 saturated carbocycles. The molecule has 1 unspecified atom stereocenters. The van der Waals surface area contributed by atoms with Crippen LogP contribution in [0.5, 0.6) is 0 Å². The zero-order valence-corrected chi connectivity index (χ0v) is 12.9. The molecular formula is C13H27NO6. The van der Waals surface area contributed by atoms with Crippen molar-refractivity contribution in [3.63, 3.8) is 0 Å². The highest BCUT2D eigenvalue weighted by molar-refractivity contribution is 6.26. The Morgan fingerprint density at radius 2 is 1.75 bits per heavy atom. The van der Waals surface area contributed by atoms with Gasteiger partial charge in [-0.05, 0) is 19.3 Å². The number of carboxylic acids is 2. The van der Waals surface area contributed by atoms with Crippen LogP contribution in [0, 0.1) is 5.41 Å². The van der Waals surface area contributed by atoms with E-state index in [2.05, 4.69) is 39.9 Å². The lowest BCUT2D eigenvalue weighted by Crippen LogP contribution is -2.90. The van der Waals surface area contributed by atoms with Gasteiger partial charge in [0.15, 0.2) is 5.97 Å². The predicted molar refractivity (Wildman–Crippen MR) is 70.9 cm³/mol. The lowest BCUT2D eigenvalue weighted by atomic mass is 9.99. The van der Waals surface area contributed by atoms with E-state index in [0.717, 1.165) is 6.54 Å². The molecule has 0 amide bonds. The molecule has 0 aromatic heterocycles. The quantitative estimate of drug-likeness (QED) is 0.497. The Kier molecular flexibility index (Phi) is 11.2. The second-order valence-electron chi connectivity index (χ2n) is 6.04. The average molecular weight is 293 g/mol. The normalized spacial score (nSPS) is 12.6. The Hall–Kier alpha value is -1.18. The number of rotatable bonds is 6. The van der Waals surface area contributed by atoms with E-state index in [4.69, 9.17) is 24.5 Å². The minimum absolute atomic E-state index is 0.182. The smallest absolute Gasteiger partial charge is 0.351 e. The Bertz CT molecular complexity index is 273. The van der Waals surface area contributed by atoms with Crippen molar-refractivity contribution in [3.05, 3.63) is 0 Å². The van der Waals surface area contributed by atoms with Crippen LogP contribution < -0.4 is 10.4 Å². The molecule has 4 N–H and O–H groups in total. The molecule has 0 aliphatic carbocycles. The monoisotopic (exact) mass is 293 g/mol. The summed E-state index contributed by atoms with van der Waals surface area (Å²) in [6.45, 7) is 12.5. The third kappa shape index (κ3) is 19.2. The maximum Gasteiger partial charge on any atom is 0.351 e. The van der Waals surface area contributed by atoms with Gasteiger partial charge < -0.3 is 30.2 Å². The summed E-state index contributed by atoms with van der Waals surface area (Å²) in [5.41, 5.74) is 0.182. The molecular weight excluding hydrogens is 266 g/mol. The SMILES string of the molecule is CC(C)[NH2+]CC(O)COCC(C)(C)C.O=C([O-])C(=O)O. The summed E-state index contributed by atoms with van der Waals surface area (Å²) in [4.78, 5) is 18.0. The first-order chi connectivity index (χ1) is 8.95. The number of hydrogen-bond acceptors (Lipinski definition) is 5. The maximum atomic E-state index is 9.54. The van der Waals surface area contributed by atoms with Gasteiger partial charge in [0.1, 0.15) is 12.6 Å². The highest BCUT2D eigenvalue weighted by atomic mass is 16.5. The van der Waals surface area contributed by atoms with Crippen LogP contribution in [0.2, 0.25) is 0 Å². The number of quaternary nitrogens is 1. The molecule has 0 spiro atoms. The topological polar surface area (TPSA) is 124 Å². The van der Waals surface area contributed by atoms with Crippen LogP contribution in [0.4, 0.5) is 0 Å². The summed E-state index contributed by atoms with van der Waals surface area (Å²) < 4.78 is 5.42. The molecule has 0 aromatic carbocycles. The molecule has 0 aliphatic heterocycles. The summed E-state index contributed by atoms with van der Waals surface area (Å²) >= 11 is 0. The number of aliphatic hydroxyl groups excluding tert-OH is 1. The number of aliphatic hydroxyl groups is 1. The Labute approximate surface area is 119 Å². The zero-order chi connectivity index (χ0) is 16.3. The maximum absolute atomic E-state index is 9.54. The first-order valence-electron chi connectivity index (χ1n) is 6.49. The van der Waals surface area contributed by atoms with Crippen molar-refractivity contribution in [2.75, 3.05) is 19.8 Å². The molecule has 0 aliphatic rings. The summed E-state index contributed by atoms with van der Waals surface area (Å²) in [5.74, 6) is -4.01. The van der Waals surface area contributed by atoms with E-state index >= 15 is 0 Å². The average Bonchev–Trinajstić information content (AvgIpc) is 2.25. The number of nitrogens with two attached hydrogens (primary N) is 1. The van der Waals surface area contributed by atoms with Gasteiger partial charge in [-0.15, -0.1) is 0 Å². The Morgan fingerprint density at radius 1 is 1.30 bits per heavy atom. The van der Waals surface area contributed by atoms with Crippen molar-refractivity contribution in [1.82, 2.24) is 0 Å². The fourth-order valence-electron chi connectivity index (χ4n) is 0.998. The number of ether oxygens (including phenoxy) is 1. The van der Waals surface area contributed by atoms with E-state index in [1.807, 2.05) is 0 Å². The third-order valence-electron chi connectivity index (χ3n) is 1.90. The van der Waals surface area contributed by atoms with E-state index < -0.39 is 11.9 Å². The number of carbonyl (C=O) groups is 2. The molecule has 7 nitrogen and oxygen atoms in total. The fraction of sp³-hybridized carbons (Fsp3) is 0.846. The minimum Gasteiger partial charge on any atom is -0.539 e. The van der Waals surface area contributed by atoms with Gasteiger partial charge in [-0.25, -0.2) is 4.79 Å². The Balaban J connectivity index is 0. The molecule has 0 saturated heterocycles. The van der Waals surface area contributed by atoms with E-state index in [1.165, 1.54) is 0 Å². The summed E-state index contributed by atoms with van der Waals surface area (Å²) in [6, 6.07) is 0.535. The van der Waals surface area contributed by atoms with Crippen LogP contribution in [0.1, 0.15) is 34.6 Å². The van der Waals surface area contributed by atoms with Crippen molar-refractivity contribution in [2.24, 2.45) is 5.41 Å². The van der Waals surface area contributed by atoms with Crippen molar-refractivity contribution in [1.29, 1.82) is 0 Å². The third-order valence-corrected chi connectivity index (χ3v) is 1.90. The van der Waals surface area contributed by atoms with Gasteiger partial charge in [-0.2, -0.15) is 0 Å². The fourth-order valence-corrected chi connectivity index (χ4v) is 0.998. The molecule has 1 atom stereocenters. The molecule has 0 rings (SSSR count). The largest absolute Gasteiger partial charge is 0.539 e. The molecule has 20 heavy (non-hydrogen) atoms. The lowest BCUT2D eigenvalue weighted by Gasteiger charge is -2.19. The zero-order valence-electron chi connectivity index (χ0n) is 12.9. The molecule has 0 fully saturated rings. The predicted octanol–water partition coefficient (Wildman–Crippen LogP) is -1.80. The van der Waals surface area contributed by atoms with Gasteiger partial charge in [0.05, 0.1) is 19.3 Å². The van der Waals surface area contributed by atoms with Crippen LogP contribution in [0.25, 0.3) is 0 Å². The standard InChI is InChI=1S/C11H25NO2.C2H2O4/c1-9(2)12-6-10(13)7-14-8-11(3,4)5;3-1(4)2(5)6/h9-10,12-13H,6-8H2,1-5H3;(H,3,4)(H,5,6). The number of hydrogen-bond donors (Lipinski definition) is 3. The first kappa shape index (κ1) is 21.1. The summed E-state index contributed by atoms with van der Waals surface area (Å²) in [7, 11) is 0. The minimum atomic E-state index is -2.07. The second-order valence-corrected chi connectivity index (χ2v) is 6.04. The van der Waals surface area contributed by atoms with Crippen LogP contribution in [-0.4, -0.2) is 54.1 Å². The lowest BCUT2D eigenvalue weighted by molar-refractivity contribution is -0.688. The molecule has 0 aromatic rings. The van der Waals surface area contributed by atoms with Gasteiger partial charge in [-0.3, -0.25) is 0 Å². The second kappa shape index (κ2) is 10.6. The highest BCUT2D eigenvalue weighted by Gasteiger charge is 2.13. The number of carboxylic acid groups (broad SMARTS) is 2. The van der Waals surface area contributed by atoms with Gasteiger partial charge in [0, 0.05) is 0 Å². The van der Waals surface area contributed by atoms with E-state index in [1.54, 1.807) is 0 Å².